The van der Waals surface area contributed by atoms with Gasteiger partial charge in [-0.3, -0.25) is 0 Å². The summed E-state index contributed by atoms with van der Waals surface area (Å²) in [4.78, 5) is 28.1. The molecule has 2 aliphatic rings. The molecule has 22 heavy (non-hydrogen) atoms. The first kappa shape index (κ1) is 15.6. The Morgan fingerprint density at radius 2 is 1.86 bits per heavy atom. The van der Waals surface area contributed by atoms with Crippen LogP contribution in [0.25, 0.3) is 0 Å². The summed E-state index contributed by atoms with van der Waals surface area (Å²) in [5.74, 6) is -0.0528. The molecule has 3 amide bonds. The third kappa shape index (κ3) is 2.19. The Morgan fingerprint density at radius 3 is 2.50 bits per heavy atom. The van der Waals surface area contributed by atoms with Crippen LogP contribution in [-0.4, -0.2) is 55.3 Å². The first-order valence-corrected chi connectivity index (χ1v) is 9.34. The van der Waals surface area contributed by atoms with E-state index in [0.29, 0.717) is 0 Å². The number of amides is 3. The van der Waals surface area contributed by atoms with Crippen LogP contribution >= 0.6 is 0 Å². The van der Waals surface area contributed by atoms with Crippen LogP contribution in [0.2, 0.25) is 4.31 Å². The predicted molar refractivity (Wildman–Crippen MR) is 87.3 cm³/mol. The average Bonchev–Trinajstić information content (AvgIpc) is 2.91. The van der Waals surface area contributed by atoms with Gasteiger partial charge in [0.25, 0.3) is 0 Å². The Balaban J connectivity index is 1.89. The molecule has 2 heterocycles. The fourth-order valence-corrected chi connectivity index (χ4v) is 6.34. The number of carbonyl (C=O) groups is 2. The first-order chi connectivity index (χ1) is 10.3. The third-order valence-corrected chi connectivity index (χ3v) is 7.67. The second-order valence-corrected chi connectivity index (χ2v) is 10.5. The Hall–Kier alpha value is -1.32. The molecule has 118 valence electrons. The summed E-state index contributed by atoms with van der Waals surface area (Å²) in [5, 5.41) is 0. The zero-order valence-corrected chi connectivity index (χ0v) is 15.2. The molecule has 2 atom stereocenters. The molecular weight excluding hydrogens is 343 g/mol. The SMILES string of the molecule is CN1C(=O)N2[C@H](C(C)(C)[Se]c3ccccc3)CC[C@@]2(C)C1=O. The average molecular weight is 365 g/mol. The Kier molecular flexibility index (Phi) is 3.61. The molecule has 0 unspecified atom stereocenters. The van der Waals surface area contributed by atoms with Crippen molar-refractivity contribution in [1.29, 1.82) is 0 Å². The van der Waals surface area contributed by atoms with Gasteiger partial charge in [0.2, 0.25) is 0 Å². The quantitative estimate of drug-likeness (QED) is 0.608. The van der Waals surface area contributed by atoms with E-state index in [9.17, 15) is 9.59 Å². The second kappa shape index (κ2) is 5.10. The van der Waals surface area contributed by atoms with E-state index in [2.05, 4.69) is 38.1 Å². The maximum atomic E-state index is 12.5. The maximum absolute atomic E-state index is 12.5. The number of fused-ring (bicyclic) bond motifs is 1. The molecule has 5 heteroatoms. The van der Waals surface area contributed by atoms with Crippen molar-refractivity contribution >= 4 is 31.4 Å². The Bertz CT molecular complexity index is 616. The van der Waals surface area contributed by atoms with Gasteiger partial charge in [0.15, 0.2) is 0 Å². The van der Waals surface area contributed by atoms with Crippen LogP contribution in [0.4, 0.5) is 4.79 Å². The van der Waals surface area contributed by atoms with Gasteiger partial charge in [-0.25, -0.2) is 0 Å². The van der Waals surface area contributed by atoms with Gasteiger partial charge in [0, 0.05) is 0 Å². The standard InChI is InChI=1S/C17H22N2O2Se/c1-16(2,22-12-8-6-5-7-9-12)13-10-11-17(3)14(20)18(4)15(21)19(13)17/h5-9,13H,10-11H2,1-4H3/t13-,17-/m0/s1. The summed E-state index contributed by atoms with van der Waals surface area (Å²) in [5.41, 5.74) is -0.638. The number of hydrogen-bond donors (Lipinski definition) is 0. The number of rotatable bonds is 3. The van der Waals surface area contributed by atoms with Crippen molar-refractivity contribution in [1.82, 2.24) is 9.80 Å². The van der Waals surface area contributed by atoms with Crippen molar-refractivity contribution in [2.75, 3.05) is 7.05 Å². The molecule has 2 aliphatic heterocycles. The van der Waals surface area contributed by atoms with E-state index in [1.807, 2.05) is 17.9 Å². The molecule has 0 spiro atoms. The van der Waals surface area contributed by atoms with Crippen LogP contribution in [0.5, 0.6) is 0 Å². The van der Waals surface area contributed by atoms with E-state index >= 15 is 0 Å². The topological polar surface area (TPSA) is 40.6 Å². The fraction of sp³-hybridized carbons (Fsp3) is 0.529. The summed E-state index contributed by atoms with van der Waals surface area (Å²) in [7, 11) is 1.60. The zero-order valence-electron chi connectivity index (χ0n) is 13.5. The summed E-state index contributed by atoms with van der Waals surface area (Å²) < 4.78 is 1.33. The van der Waals surface area contributed by atoms with Crippen molar-refractivity contribution in [3.05, 3.63) is 30.3 Å². The van der Waals surface area contributed by atoms with Crippen LogP contribution in [0.15, 0.2) is 30.3 Å². The van der Waals surface area contributed by atoms with Crippen LogP contribution in [0.3, 0.4) is 0 Å². The number of hydrogen-bond acceptors (Lipinski definition) is 2. The second-order valence-electron chi connectivity index (χ2n) is 6.86. The molecule has 0 aromatic heterocycles. The van der Waals surface area contributed by atoms with Gasteiger partial charge in [-0.05, 0) is 0 Å². The number of urea groups is 1. The van der Waals surface area contributed by atoms with Crippen molar-refractivity contribution in [3.63, 3.8) is 0 Å². The third-order valence-electron chi connectivity index (χ3n) is 4.93. The van der Waals surface area contributed by atoms with Gasteiger partial charge in [-0.15, -0.1) is 0 Å². The molecule has 0 radical (unpaired) electrons. The molecule has 1 aromatic rings. The molecule has 3 rings (SSSR count). The minimum absolute atomic E-state index is 0.00671. The van der Waals surface area contributed by atoms with E-state index in [1.54, 1.807) is 7.05 Å². The normalized spacial score (nSPS) is 28.5. The monoisotopic (exact) mass is 366 g/mol. The van der Waals surface area contributed by atoms with E-state index in [0.717, 1.165) is 12.8 Å². The van der Waals surface area contributed by atoms with Crippen LogP contribution < -0.4 is 4.46 Å². The van der Waals surface area contributed by atoms with Gasteiger partial charge in [-0.2, -0.15) is 0 Å². The predicted octanol–water partition coefficient (Wildman–Crippen LogP) is 2.03. The molecular formula is C17H22N2O2Se. The number of likely N-dealkylation sites (N-methyl/N-ethyl adjacent to an activating group) is 1. The van der Waals surface area contributed by atoms with Crippen LogP contribution in [-0.2, 0) is 4.79 Å². The molecule has 1 aromatic carbocycles. The number of benzene rings is 1. The van der Waals surface area contributed by atoms with Gasteiger partial charge in [-0.1, -0.05) is 0 Å². The van der Waals surface area contributed by atoms with E-state index in [1.165, 1.54) is 9.36 Å². The molecule has 4 nitrogen and oxygen atoms in total. The Labute approximate surface area is 138 Å². The molecule has 0 saturated carbocycles. The zero-order chi connectivity index (χ0) is 16.1. The van der Waals surface area contributed by atoms with Gasteiger partial charge in [0.1, 0.15) is 0 Å². The van der Waals surface area contributed by atoms with E-state index < -0.39 is 5.54 Å². The van der Waals surface area contributed by atoms with Crippen molar-refractivity contribution < 1.29 is 9.59 Å². The van der Waals surface area contributed by atoms with Crippen molar-refractivity contribution in [2.24, 2.45) is 0 Å². The van der Waals surface area contributed by atoms with E-state index in [-0.39, 0.29) is 37.3 Å². The molecule has 2 saturated heterocycles. The number of imide groups is 1. The fourth-order valence-electron chi connectivity index (χ4n) is 3.69. The molecule has 2 fully saturated rings. The van der Waals surface area contributed by atoms with Gasteiger partial charge >= 0.3 is 138 Å². The van der Waals surface area contributed by atoms with Gasteiger partial charge < -0.3 is 0 Å². The first-order valence-electron chi connectivity index (χ1n) is 7.63. The van der Waals surface area contributed by atoms with Crippen LogP contribution in [0, 0.1) is 0 Å². The summed E-state index contributed by atoms with van der Waals surface area (Å²) in [6, 6.07) is 10.4. The number of nitrogens with zero attached hydrogens (tertiary/aromatic N) is 2. The molecule has 0 N–H and O–H groups in total. The summed E-state index contributed by atoms with van der Waals surface area (Å²) in [6.07, 6.45) is 1.67. The minimum atomic E-state index is -0.638. The summed E-state index contributed by atoms with van der Waals surface area (Å²) >= 11 is 0.245. The molecule has 0 bridgehead atoms. The number of carbonyl (C=O) groups excluding carboxylic acids is 2. The molecule has 0 aliphatic carbocycles. The van der Waals surface area contributed by atoms with Gasteiger partial charge in [0.05, 0.1) is 0 Å². The van der Waals surface area contributed by atoms with Crippen LogP contribution in [0.1, 0.15) is 33.6 Å². The Morgan fingerprint density at radius 1 is 1.23 bits per heavy atom. The van der Waals surface area contributed by atoms with Crippen molar-refractivity contribution in [3.8, 4) is 0 Å². The van der Waals surface area contributed by atoms with Crippen molar-refractivity contribution in [2.45, 2.75) is 49.5 Å². The summed E-state index contributed by atoms with van der Waals surface area (Å²) in [6.45, 7) is 6.38. The van der Waals surface area contributed by atoms with E-state index in [4.69, 9.17) is 0 Å².